The first-order valence-electron chi connectivity index (χ1n) is 5.37. The Bertz CT molecular complexity index is 355. The van der Waals surface area contributed by atoms with E-state index in [1.165, 1.54) is 18.4 Å². The van der Waals surface area contributed by atoms with Gasteiger partial charge in [0.1, 0.15) is 0 Å². The van der Waals surface area contributed by atoms with E-state index in [0.29, 0.717) is 0 Å². The molecule has 14 heavy (non-hydrogen) atoms. The molecule has 0 atom stereocenters. The van der Waals surface area contributed by atoms with Gasteiger partial charge in [0.05, 0.1) is 0 Å². The molecule has 74 valence electrons. The molecule has 0 heteroatoms. The number of hydrogen-bond donors (Lipinski definition) is 0. The number of hydrogen-bond acceptors (Lipinski definition) is 0. The van der Waals surface area contributed by atoms with Crippen molar-refractivity contribution in [2.45, 2.75) is 39.0 Å². The van der Waals surface area contributed by atoms with Crippen LogP contribution in [0.25, 0.3) is 0 Å². The maximum Gasteiger partial charge on any atom is 0.0108 e. The first kappa shape index (κ1) is 9.51. The highest BCUT2D eigenvalue weighted by atomic mass is 14.3. The minimum absolute atomic E-state index is 0.240. The molecular weight excluding hydrogens is 168 g/mol. The van der Waals surface area contributed by atoms with Crippen LogP contribution in [0.4, 0.5) is 0 Å². The van der Waals surface area contributed by atoms with Crippen molar-refractivity contribution in [1.29, 1.82) is 0 Å². The Kier molecular flexibility index (Phi) is 2.22. The van der Waals surface area contributed by atoms with Gasteiger partial charge in [-0.3, -0.25) is 0 Å². The zero-order valence-corrected chi connectivity index (χ0v) is 9.30. The summed E-state index contributed by atoms with van der Waals surface area (Å²) < 4.78 is 0. The van der Waals surface area contributed by atoms with Crippen molar-refractivity contribution >= 4 is 0 Å². The van der Waals surface area contributed by atoms with Crippen LogP contribution < -0.4 is 0 Å². The quantitative estimate of drug-likeness (QED) is 0.611. The van der Waals surface area contributed by atoms with Gasteiger partial charge in [0.15, 0.2) is 0 Å². The molecule has 0 fully saturated rings. The average molecular weight is 186 g/mol. The van der Waals surface area contributed by atoms with E-state index in [-0.39, 0.29) is 5.41 Å². The first-order chi connectivity index (χ1) is 6.62. The Morgan fingerprint density at radius 1 is 1.00 bits per heavy atom. The van der Waals surface area contributed by atoms with Crippen molar-refractivity contribution in [3.05, 3.63) is 47.0 Å². The summed E-state index contributed by atoms with van der Waals surface area (Å²) in [6.07, 6.45) is 2.58. The Labute approximate surface area is 86.7 Å². The fourth-order valence-electron chi connectivity index (χ4n) is 2.38. The Morgan fingerprint density at radius 2 is 1.64 bits per heavy atom. The minimum atomic E-state index is 0.240. The zero-order valence-electron chi connectivity index (χ0n) is 9.30. The van der Waals surface area contributed by atoms with Gasteiger partial charge in [-0.2, -0.15) is 0 Å². The predicted molar refractivity (Wildman–Crippen MR) is 61.4 cm³/mol. The summed E-state index contributed by atoms with van der Waals surface area (Å²) in [6, 6.07) is 10.8. The standard InChI is InChI=1S/C14H18/c1-11-9-10-13(11)14(2,3)12-7-5-4-6-8-12/h4-8H,9-10H2,1-3H3. The first-order valence-corrected chi connectivity index (χ1v) is 5.37. The third kappa shape index (κ3) is 1.39. The summed E-state index contributed by atoms with van der Waals surface area (Å²) in [5.41, 5.74) is 4.92. The smallest absolute Gasteiger partial charge is 0.0108 e. The molecule has 0 spiro atoms. The van der Waals surface area contributed by atoms with E-state index in [4.69, 9.17) is 0 Å². The van der Waals surface area contributed by atoms with Gasteiger partial charge in [-0.1, -0.05) is 55.3 Å². The van der Waals surface area contributed by atoms with Crippen LogP contribution in [0, 0.1) is 0 Å². The Balaban J connectivity index is 2.38. The third-order valence-corrected chi connectivity index (χ3v) is 3.52. The SMILES string of the molecule is CC1=C(C(C)(C)c2ccccc2)CC1. The number of benzene rings is 1. The molecule has 0 bridgehead atoms. The van der Waals surface area contributed by atoms with E-state index in [1.807, 2.05) is 0 Å². The van der Waals surface area contributed by atoms with Crippen LogP contribution in [0.3, 0.4) is 0 Å². The van der Waals surface area contributed by atoms with Crippen molar-refractivity contribution < 1.29 is 0 Å². The lowest BCUT2D eigenvalue weighted by molar-refractivity contribution is 0.543. The highest BCUT2D eigenvalue weighted by molar-refractivity contribution is 5.40. The molecule has 1 aromatic carbocycles. The molecule has 0 radical (unpaired) electrons. The molecule has 2 rings (SSSR count). The topological polar surface area (TPSA) is 0 Å². The minimum Gasteiger partial charge on any atom is -0.0729 e. The van der Waals surface area contributed by atoms with Crippen LogP contribution in [-0.4, -0.2) is 0 Å². The molecule has 0 heterocycles. The monoisotopic (exact) mass is 186 g/mol. The largest absolute Gasteiger partial charge is 0.0729 e. The molecule has 1 aromatic rings. The molecule has 1 aliphatic carbocycles. The highest BCUT2D eigenvalue weighted by Gasteiger charge is 2.30. The molecule has 0 nitrogen and oxygen atoms in total. The molecule has 0 aromatic heterocycles. The molecule has 1 aliphatic rings. The Hall–Kier alpha value is -1.04. The van der Waals surface area contributed by atoms with Gasteiger partial charge in [0.2, 0.25) is 0 Å². The number of rotatable bonds is 2. The summed E-state index contributed by atoms with van der Waals surface area (Å²) in [5.74, 6) is 0. The van der Waals surface area contributed by atoms with E-state index >= 15 is 0 Å². The van der Waals surface area contributed by atoms with Crippen molar-refractivity contribution in [3.8, 4) is 0 Å². The molecule has 0 saturated carbocycles. The van der Waals surface area contributed by atoms with Gasteiger partial charge < -0.3 is 0 Å². The van der Waals surface area contributed by atoms with E-state index in [1.54, 1.807) is 11.1 Å². The van der Waals surface area contributed by atoms with Gasteiger partial charge in [-0.15, -0.1) is 0 Å². The lowest BCUT2D eigenvalue weighted by Crippen LogP contribution is -2.25. The molecule has 0 aliphatic heterocycles. The van der Waals surface area contributed by atoms with Gasteiger partial charge in [-0.25, -0.2) is 0 Å². The van der Waals surface area contributed by atoms with Gasteiger partial charge >= 0.3 is 0 Å². The van der Waals surface area contributed by atoms with Crippen LogP contribution in [0.2, 0.25) is 0 Å². The molecule has 0 saturated heterocycles. The van der Waals surface area contributed by atoms with Crippen LogP contribution in [0.1, 0.15) is 39.2 Å². The molecule has 0 amide bonds. The van der Waals surface area contributed by atoms with Crippen LogP contribution in [0.5, 0.6) is 0 Å². The predicted octanol–water partition coefficient (Wildman–Crippen LogP) is 4.07. The van der Waals surface area contributed by atoms with Crippen molar-refractivity contribution in [2.75, 3.05) is 0 Å². The third-order valence-electron chi connectivity index (χ3n) is 3.52. The maximum atomic E-state index is 2.33. The highest BCUT2D eigenvalue weighted by Crippen LogP contribution is 2.42. The second-order valence-corrected chi connectivity index (χ2v) is 4.75. The van der Waals surface area contributed by atoms with Crippen molar-refractivity contribution in [3.63, 3.8) is 0 Å². The lowest BCUT2D eigenvalue weighted by Gasteiger charge is -2.36. The van der Waals surface area contributed by atoms with Crippen molar-refractivity contribution in [1.82, 2.24) is 0 Å². The summed E-state index contributed by atoms with van der Waals surface area (Å²) in [4.78, 5) is 0. The average Bonchev–Trinajstić information content (AvgIpc) is 2.16. The van der Waals surface area contributed by atoms with Crippen LogP contribution in [-0.2, 0) is 5.41 Å². The lowest BCUT2D eigenvalue weighted by atomic mass is 9.69. The van der Waals surface area contributed by atoms with E-state index in [2.05, 4.69) is 51.1 Å². The summed E-state index contributed by atoms with van der Waals surface area (Å²) >= 11 is 0. The zero-order chi connectivity index (χ0) is 10.2. The fraction of sp³-hybridized carbons (Fsp3) is 0.429. The van der Waals surface area contributed by atoms with E-state index < -0.39 is 0 Å². The van der Waals surface area contributed by atoms with E-state index in [0.717, 1.165) is 0 Å². The second kappa shape index (κ2) is 3.27. The summed E-state index contributed by atoms with van der Waals surface area (Å²) in [5, 5.41) is 0. The van der Waals surface area contributed by atoms with Crippen LogP contribution in [0.15, 0.2) is 41.5 Å². The Morgan fingerprint density at radius 3 is 2.07 bits per heavy atom. The number of allylic oxidation sites excluding steroid dienone is 2. The fourth-order valence-corrected chi connectivity index (χ4v) is 2.38. The second-order valence-electron chi connectivity index (χ2n) is 4.75. The van der Waals surface area contributed by atoms with Gasteiger partial charge in [-0.05, 0) is 25.3 Å². The molecule has 0 unspecified atom stereocenters. The molecule has 0 N–H and O–H groups in total. The van der Waals surface area contributed by atoms with Crippen LogP contribution >= 0.6 is 0 Å². The maximum absolute atomic E-state index is 2.33. The van der Waals surface area contributed by atoms with Gasteiger partial charge in [0.25, 0.3) is 0 Å². The van der Waals surface area contributed by atoms with E-state index in [9.17, 15) is 0 Å². The van der Waals surface area contributed by atoms with Crippen molar-refractivity contribution in [2.24, 2.45) is 0 Å². The normalized spacial score (nSPS) is 16.8. The summed E-state index contributed by atoms with van der Waals surface area (Å²) in [7, 11) is 0. The van der Waals surface area contributed by atoms with Gasteiger partial charge in [0, 0.05) is 5.41 Å². The summed E-state index contributed by atoms with van der Waals surface area (Å²) in [6.45, 7) is 6.93. The molecular formula is C14H18.